The first-order valence-electron chi connectivity index (χ1n) is 12.5. The van der Waals surface area contributed by atoms with Crippen LogP contribution in [0.5, 0.6) is 0 Å². The lowest BCUT2D eigenvalue weighted by molar-refractivity contribution is -0.354. The lowest BCUT2D eigenvalue weighted by Crippen LogP contribution is -2.70. The molecule has 0 unspecified atom stereocenters. The van der Waals surface area contributed by atoms with Crippen LogP contribution in [0.3, 0.4) is 0 Å². The van der Waals surface area contributed by atoms with Crippen molar-refractivity contribution >= 4 is 11.6 Å². The molecule has 3 saturated heterocycles. The molecule has 0 spiro atoms. The van der Waals surface area contributed by atoms with Gasteiger partial charge in [-0.3, -0.25) is 9.59 Å². The lowest BCUT2D eigenvalue weighted by Gasteiger charge is -2.53. The molecule has 3 heterocycles. The molecule has 186 valence electrons. The van der Waals surface area contributed by atoms with Gasteiger partial charge < -0.3 is 29.5 Å². The van der Waals surface area contributed by atoms with E-state index < -0.39 is 59.2 Å². The third kappa shape index (κ3) is 3.24. The Morgan fingerprint density at radius 1 is 1.12 bits per heavy atom. The fraction of sp³-hybridized carbons (Fsp3) is 0.920. The van der Waals surface area contributed by atoms with Gasteiger partial charge in [0.25, 0.3) is 0 Å². The van der Waals surface area contributed by atoms with Gasteiger partial charge in [0.2, 0.25) is 0 Å². The molecule has 3 N–H and O–H groups in total. The van der Waals surface area contributed by atoms with Crippen LogP contribution < -0.4 is 0 Å². The number of hydrogen-bond donors (Lipinski definition) is 3. The number of ether oxygens (including phenoxy) is 3. The maximum Gasteiger partial charge on any atom is 0.189 e. The van der Waals surface area contributed by atoms with E-state index in [0.717, 1.165) is 6.42 Å². The van der Waals surface area contributed by atoms with Crippen molar-refractivity contribution in [3.63, 3.8) is 0 Å². The van der Waals surface area contributed by atoms with E-state index in [0.29, 0.717) is 32.1 Å². The van der Waals surface area contributed by atoms with E-state index in [1.807, 2.05) is 20.8 Å². The summed E-state index contributed by atoms with van der Waals surface area (Å²) in [6.45, 7) is 7.78. The number of ketones is 2. The Labute approximate surface area is 195 Å². The van der Waals surface area contributed by atoms with Crippen molar-refractivity contribution in [1.29, 1.82) is 0 Å². The number of carbonyl (C=O) groups is 2. The number of aliphatic hydroxyl groups excluding tert-OH is 2. The van der Waals surface area contributed by atoms with E-state index in [1.165, 1.54) is 0 Å². The highest BCUT2D eigenvalue weighted by Crippen LogP contribution is 2.64. The summed E-state index contributed by atoms with van der Waals surface area (Å²) in [4.78, 5) is 26.2. The molecule has 0 amide bonds. The molecule has 11 atom stereocenters. The summed E-state index contributed by atoms with van der Waals surface area (Å²) in [7, 11) is 0. The van der Waals surface area contributed by atoms with Gasteiger partial charge in [-0.2, -0.15) is 0 Å². The molecule has 0 aromatic heterocycles. The van der Waals surface area contributed by atoms with Crippen LogP contribution >= 0.6 is 0 Å². The summed E-state index contributed by atoms with van der Waals surface area (Å²) in [5, 5.41) is 33.1. The quantitative estimate of drug-likeness (QED) is 0.571. The van der Waals surface area contributed by atoms with Crippen LogP contribution in [-0.2, 0) is 23.8 Å². The minimum absolute atomic E-state index is 0.0423. The van der Waals surface area contributed by atoms with E-state index >= 15 is 0 Å². The van der Waals surface area contributed by atoms with Gasteiger partial charge in [0.15, 0.2) is 12.6 Å². The first-order valence-corrected chi connectivity index (χ1v) is 12.5. The number of rotatable bonds is 4. The number of hydrogen-bond acceptors (Lipinski definition) is 8. The largest absolute Gasteiger partial charge is 0.388 e. The van der Waals surface area contributed by atoms with Crippen LogP contribution in [0.15, 0.2) is 0 Å². The molecular weight excluding hydrogens is 428 g/mol. The molecule has 8 heteroatoms. The van der Waals surface area contributed by atoms with Gasteiger partial charge in [-0.1, -0.05) is 27.7 Å². The summed E-state index contributed by atoms with van der Waals surface area (Å²) < 4.78 is 17.8. The first-order chi connectivity index (χ1) is 15.4. The van der Waals surface area contributed by atoms with E-state index in [4.69, 9.17) is 14.2 Å². The summed E-state index contributed by atoms with van der Waals surface area (Å²) in [5.74, 6) is -0.929. The summed E-state index contributed by atoms with van der Waals surface area (Å²) in [5.41, 5.74) is -2.68. The van der Waals surface area contributed by atoms with Gasteiger partial charge in [-0.05, 0) is 32.1 Å². The number of carbonyl (C=O) groups excluding carboxylic acids is 2. The van der Waals surface area contributed by atoms with E-state index in [-0.39, 0.29) is 30.0 Å². The second-order valence-corrected chi connectivity index (χ2v) is 12.0. The van der Waals surface area contributed by atoms with Crippen molar-refractivity contribution in [2.24, 2.45) is 34.5 Å². The third-order valence-corrected chi connectivity index (χ3v) is 9.77. The molecule has 2 aliphatic carbocycles. The molecule has 0 aromatic rings. The summed E-state index contributed by atoms with van der Waals surface area (Å²) >= 11 is 0. The first kappa shape index (κ1) is 23.8. The van der Waals surface area contributed by atoms with Gasteiger partial charge in [-0.15, -0.1) is 0 Å². The smallest absolute Gasteiger partial charge is 0.189 e. The average Bonchev–Trinajstić information content (AvgIpc) is 3.00. The maximum absolute atomic E-state index is 13.9. The van der Waals surface area contributed by atoms with Crippen molar-refractivity contribution in [1.82, 2.24) is 0 Å². The third-order valence-electron chi connectivity index (χ3n) is 9.77. The van der Waals surface area contributed by atoms with E-state index in [1.54, 1.807) is 0 Å². The van der Waals surface area contributed by atoms with Crippen molar-refractivity contribution in [3.05, 3.63) is 0 Å². The van der Waals surface area contributed by atoms with Crippen molar-refractivity contribution in [3.8, 4) is 0 Å². The highest BCUT2D eigenvalue weighted by Gasteiger charge is 2.74. The van der Waals surface area contributed by atoms with Crippen LogP contribution in [0.2, 0.25) is 0 Å². The predicted molar refractivity (Wildman–Crippen MR) is 116 cm³/mol. The van der Waals surface area contributed by atoms with Gasteiger partial charge in [0.1, 0.15) is 29.4 Å². The highest BCUT2D eigenvalue weighted by molar-refractivity contribution is 5.89. The van der Waals surface area contributed by atoms with Gasteiger partial charge in [-0.25, -0.2) is 0 Å². The Morgan fingerprint density at radius 2 is 1.85 bits per heavy atom. The molecule has 0 radical (unpaired) electrons. The minimum Gasteiger partial charge on any atom is -0.388 e. The standard InChI is InChI=1S/C25H38O8/c1-12(2)15(26)7-8-23(3)9-10-24(4)14(18(23)28)6-5-13-17-20(24)33-22-25(17,30)19(32-21(13)29)16(27)11-31-22/h12-14,16-17,19-22,27,29-30H,5-11H2,1-4H3/t13-,14+,16+,17+,19-,20-,21-,22-,23+,24+,25-/m0/s1. The molecule has 33 heavy (non-hydrogen) atoms. The molecule has 0 bridgehead atoms. The molecule has 2 saturated carbocycles. The number of fused-ring (bicyclic) bond motifs is 2. The van der Waals surface area contributed by atoms with Gasteiger partial charge in [0, 0.05) is 40.9 Å². The Kier molecular flexibility index (Phi) is 5.63. The van der Waals surface area contributed by atoms with Crippen molar-refractivity contribution < 1.29 is 39.1 Å². The molecule has 0 aromatic carbocycles. The Morgan fingerprint density at radius 3 is 2.55 bits per heavy atom. The van der Waals surface area contributed by atoms with E-state index in [9.17, 15) is 24.9 Å². The fourth-order valence-electron chi connectivity index (χ4n) is 7.55. The topological polar surface area (TPSA) is 123 Å². The number of aliphatic hydroxyl groups is 3. The van der Waals surface area contributed by atoms with Crippen LogP contribution in [-0.4, -0.2) is 70.0 Å². The molecule has 8 nitrogen and oxygen atoms in total. The zero-order valence-corrected chi connectivity index (χ0v) is 20.0. The molecular formula is C25H38O8. The molecule has 3 aliphatic heterocycles. The normalized spacial score (nSPS) is 53.4. The molecule has 5 aliphatic rings. The summed E-state index contributed by atoms with van der Waals surface area (Å²) in [6.07, 6.45) is -1.27. The molecule has 5 rings (SSSR count). The minimum atomic E-state index is -1.57. The molecule has 5 fully saturated rings. The summed E-state index contributed by atoms with van der Waals surface area (Å²) in [6, 6.07) is 0. The van der Waals surface area contributed by atoms with Crippen LogP contribution in [0.4, 0.5) is 0 Å². The SMILES string of the molecule is CC(C)C(=O)CC[C@]1(C)CC[C@]2(C)[C@H](CC[C@H]3[C@@H]4[C@@H]2O[C@@H]2OC[C@@H](O)[C@H](O[C@@H]3O)[C@]24O)C1=O. The van der Waals surface area contributed by atoms with Gasteiger partial charge >= 0.3 is 0 Å². The van der Waals surface area contributed by atoms with Crippen LogP contribution in [0.25, 0.3) is 0 Å². The second-order valence-electron chi connectivity index (χ2n) is 12.0. The Bertz CT molecular complexity index is 829. The predicted octanol–water partition coefficient (Wildman–Crippen LogP) is 1.57. The zero-order chi connectivity index (χ0) is 23.9. The average molecular weight is 467 g/mol. The number of Topliss-reactive ketones (excluding diaryl/α,β-unsaturated/α-hetero) is 2. The monoisotopic (exact) mass is 466 g/mol. The van der Waals surface area contributed by atoms with Crippen LogP contribution in [0, 0.1) is 34.5 Å². The maximum atomic E-state index is 13.9. The Hall–Kier alpha value is -0.900. The fourth-order valence-corrected chi connectivity index (χ4v) is 7.55. The highest BCUT2D eigenvalue weighted by atomic mass is 16.7. The Balaban J connectivity index is 1.47. The lowest BCUT2D eigenvalue weighted by atomic mass is 9.53. The van der Waals surface area contributed by atoms with Gasteiger partial charge in [0.05, 0.1) is 12.7 Å². The zero-order valence-electron chi connectivity index (χ0n) is 20.0. The van der Waals surface area contributed by atoms with Crippen molar-refractivity contribution in [2.75, 3.05) is 6.61 Å². The second kappa shape index (κ2) is 7.80. The van der Waals surface area contributed by atoms with Crippen LogP contribution in [0.1, 0.15) is 66.2 Å². The van der Waals surface area contributed by atoms with Crippen molar-refractivity contribution in [2.45, 2.75) is 103 Å². The van der Waals surface area contributed by atoms with E-state index in [2.05, 4.69) is 6.92 Å².